The molecule has 0 radical (unpaired) electrons. The van der Waals surface area contributed by atoms with Crippen LogP contribution < -0.4 is 19.5 Å². The fourth-order valence-corrected chi connectivity index (χ4v) is 3.52. The summed E-state index contributed by atoms with van der Waals surface area (Å²) >= 11 is 1.52. The molecule has 0 aliphatic carbocycles. The quantitative estimate of drug-likeness (QED) is 0.830. The molecule has 1 N–H and O–H groups in total. The number of carbonyl (C=O) groups excluding carboxylic acids is 1. The average molecular weight is 349 g/mol. The van der Waals surface area contributed by atoms with Gasteiger partial charge in [0, 0.05) is 11.4 Å². The van der Waals surface area contributed by atoms with E-state index in [4.69, 9.17) is 14.2 Å². The molecule has 2 rings (SSSR count). The van der Waals surface area contributed by atoms with Crippen molar-refractivity contribution in [1.82, 2.24) is 5.32 Å². The zero-order valence-corrected chi connectivity index (χ0v) is 15.5. The summed E-state index contributed by atoms with van der Waals surface area (Å²) in [7, 11) is 4.70. The lowest BCUT2D eigenvalue weighted by atomic mass is 10.1. The van der Waals surface area contributed by atoms with Crippen LogP contribution in [0.1, 0.15) is 32.6 Å². The van der Waals surface area contributed by atoms with Gasteiger partial charge < -0.3 is 19.5 Å². The Labute approximate surface area is 146 Å². The van der Waals surface area contributed by atoms with Gasteiger partial charge in [-0.2, -0.15) is 0 Å². The number of hydrogen-bond donors (Lipinski definition) is 1. The second-order valence-electron chi connectivity index (χ2n) is 5.26. The van der Waals surface area contributed by atoms with E-state index in [1.165, 1.54) is 21.8 Å². The molecule has 0 atom stereocenters. The van der Waals surface area contributed by atoms with Crippen LogP contribution in [0.15, 0.2) is 18.2 Å². The minimum absolute atomic E-state index is 0.0726. The van der Waals surface area contributed by atoms with Gasteiger partial charge in [-0.05, 0) is 42.7 Å². The molecule has 1 heterocycles. The minimum atomic E-state index is -0.0726. The molecule has 5 nitrogen and oxygen atoms in total. The lowest BCUT2D eigenvalue weighted by Gasteiger charge is -2.14. The molecule has 1 aromatic heterocycles. The van der Waals surface area contributed by atoms with Gasteiger partial charge in [0.05, 0.1) is 26.2 Å². The molecule has 0 saturated carbocycles. The summed E-state index contributed by atoms with van der Waals surface area (Å²) in [5, 5.41) is 2.94. The summed E-state index contributed by atoms with van der Waals surface area (Å²) < 4.78 is 16.0. The number of ether oxygens (including phenoxy) is 3. The molecule has 0 fully saturated rings. The number of methoxy groups -OCH3 is 3. The van der Waals surface area contributed by atoms with Gasteiger partial charge in [-0.3, -0.25) is 4.79 Å². The van der Waals surface area contributed by atoms with Gasteiger partial charge in [0.15, 0.2) is 11.5 Å². The van der Waals surface area contributed by atoms with Crippen molar-refractivity contribution in [1.29, 1.82) is 0 Å². The summed E-state index contributed by atoms with van der Waals surface area (Å²) in [6.07, 6.45) is 0.933. The fraction of sp³-hybridized carbons (Fsp3) is 0.389. The normalized spacial score (nSPS) is 10.4. The number of nitrogens with one attached hydrogen (secondary N) is 1. The van der Waals surface area contributed by atoms with Crippen molar-refractivity contribution in [3.63, 3.8) is 0 Å². The Morgan fingerprint density at radius 3 is 2.17 bits per heavy atom. The van der Waals surface area contributed by atoms with E-state index in [0.717, 1.165) is 16.9 Å². The number of amides is 1. The van der Waals surface area contributed by atoms with Crippen LogP contribution in [0.4, 0.5) is 0 Å². The number of aryl methyl sites for hydroxylation is 2. The largest absolute Gasteiger partial charge is 0.493 e. The highest BCUT2D eigenvalue weighted by molar-refractivity contribution is 7.14. The molecule has 24 heavy (non-hydrogen) atoms. The highest BCUT2D eigenvalue weighted by Crippen LogP contribution is 2.38. The van der Waals surface area contributed by atoms with E-state index in [1.54, 1.807) is 21.3 Å². The first-order chi connectivity index (χ1) is 11.5. The zero-order chi connectivity index (χ0) is 17.7. The van der Waals surface area contributed by atoms with Crippen molar-refractivity contribution in [3.8, 4) is 17.2 Å². The lowest BCUT2D eigenvalue weighted by Crippen LogP contribution is -2.21. The maximum absolute atomic E-state index is 12.3. The van der Waals surface area contributed by atoms with Crippen molar-refractivity contribution >= 4 is 17.2 Å². The van der Waals surface area contributed by atoms with E-state index in [2.05, 4.69) is 12.2 Å². The average Bonchev–Trinajstić information content (AvgIpc) is 2.99. The molecule has 0 spiro atoms. The highest BCUT2D eigenvalue weighted by Gasteiger charge is 2.15. The van der Waals surface area contributed by atoms with Gasteiger partial charge in [-0.15, -0.1) is 11.3 Å². The third kappa shape index (κ3) is 3.82. The maximum atomic E-state index is 12.3. The second kappa shape index (κ2) is 8.06. The maximum Gasteiger partial charge on any atom is 0.261 e. The van der Waals surface area contributed by atoms with Crippen molar-refractivity contribution in [3.05, 3.63) is 39.1 Å². The summed E-state index contributed by atoms with van der Waals surface area (Å²) in [6.45, 7) is 4.51. The van der Waals surface area contributed by atoms with E-state index < -0.39 is 0 Å². The van der Waals surface area contributed by atoms with Gasteiger partial charge in [-0.1, -0.05) is 6.92 Å². The Bertz CT molecular complexity index is 699. The monoisotopic (exact) mass is 349 g/mol. The van der Waals surface area contributed by atoms with E-state index in [0.29, 0.717) is 23.8 Å². The van der Waals surface area contributed by atoms with E-state index >= 15 is 0 Å². The predicted molar refractivity (Wildman–Crippen MR) is 95.7 cm³/mol. The molecule has 0 bridgehead atoms. The van der Waals surface area contributed by atoms with E-state index in [1.807, 2.05) is 25.1 Å². The standard InChI is InChI=1S/C18H23NO4S/c1-6-13-9-16(24-11(13)2)18(20)19-10-12-7-14(21-3)17(23-5)15(8-12)22-4/h7-9H,6,10H2,1-5H3,(H,19,20). The van der Waals surface area contributed by atoms with Gasteiger partial charge in [-0.25, -0.2) is 0 Å². The first-order valence-corrected chi connectivity index (χ1v) is 8.52. The van der Waals surface area contributed by atoms with Crippen LogP contribution in [0.2, 0.25) is 0 Å². The Balaban J connectivity index is 2.14. The van der Waals surface area contributed by atoms with Crippen LogP contribution in [0.5, 0.6) is 17.2 Å². The molecule has 0 saturated heterocycles. The molecule has 0 unspecified atom stereocenters. The summed E-state index contributed by atoms with van der Waals surface area (Å²) in [5.74, 6) is 1.61. The van der Waals surface area contributed by atoms with Crippen molar-refractivity contribution in [2.24, 2.45) is 0 Å². The van der Waals surface area contributed by atoms with Crippen molar-refractivity contribution < 1.29 is 19.0 Å². The topological polar surface area (TPSA) is 56.8 Å². The summed E-state index contributed by atoms with van der Waals surface area (Å²) in [6, 6.07) is 5.63. The SMILES string of the molecule is CCc1cc(C(=O)NCc2cc(OC)c(OC)c(OC)c2)sc1C. The van der Waals surface area contributed by atoms with Crippen LogP contribution >= 0.6 is 11.3 Å². The van der Waals surface area contributed by atoms with Crippen LogP contribution in [0.3, 0.4) is 0 Å². The molecule has 1 amide bonds. The Hall–Kier alpha value is -2.21. The van der Waals surface area contributed by atoms with Crippen LogP contribution in [0.25, 0.3) is 0 Å². The zero-order valence-electron chi connectivity index (χ0n) is 14.7. The van der Waals surface area contributed by atoms with Crippen LogP contribution in [-0.4, -0.2) is 27.2 Å². The van der Waals surface area contributed by atoms with Crippen molar-refractivity contribution in [2.45, 2.75) is 26.8 Å². The summed E-state index contributed by atoms with van der Waals surface area (Å²) in [5.41, 5.74) is 2.10. The number of benzene rings is 1. The number of thiophene rings is 1. The summed E-state index contributed by atoms with van der Waals surface area (Å²) in [4.78, 5) is 14.3. The van der Waals surface area contributed by atoms with Gasteiger partial charge >= 0.3 is 0 Å². The van der Waals surface area contributed by atoms with E-state index in [9.17, 15) is 4.79 Å². The van der Waals surface area contributed by atoms with Gasteiger partial charge in [0.2, 0.25) is 5.75 Å². The van der Waals surface area contributed by atoms with E-state index in [-0.39, 0.29) is 5.91 Å². The highest BCUT2D eigenvalue weighted by atomic mass is 32.1. The number of carbonyl (C=O) groups is 1. The first-order valence-electron chi connectivity index (χ1n) is 7.70. The minimum Gasteiger partial charge on any atom is -0.493 e. The molecule has 6 heteroatoms. The Morgan fingerprint density at radius 2 is 1.71 bits per heavy atom. The van der Waals surface area contributed by atoms with Crippen LogP contribution in [0, 0.1) is 6.92 Å². The lowest BCUT2D eigenvalue weighted by molar-refractivity contribution is 0.0955. The molecule has 2 aromatic rings. The van der Waals surface area contributed by atoms with Crippen molar-refractivity contribution in [2.75, 3.05) is 21.3 Å². The van der Waals surface area contributed by atoms with Gasteiger partial charge in [0.25, 0.3) is 5.91 Å². The fourth-order valence-electron chi connectivity index (χ4n) is 2.49. The van der Waals surface area contributed by atoms with Gasteiger partial charge in [0.1, 0.15) is 0 Å². The number of hydrogen-bond acceptors (Lipinski definition) is 5. The second-order valence-corrected chi connectivity index (χ2v) is 6.52. The third-order valence-corrected chi connectivity index (χ3v) is 4.89. The van der Waals surface area contributed by atoms with Crippen LogP contribution in [-0.2, 0) is 13.0 Å². The smallest absolute Gasteiger partial charge is 0.261 e. The molecule has 0 aliphatic rings. The molecular formula is C18H23NO4S. The molecule has 130 valence electrons. The first kappa shape index (κ1) is 18.1. The number of rotatable bonds is 7. The molecule has 0 aliphatic heterocycles. The third-order valence-electron chi connectivity index (χ3n) is 3.80. The molecular weight excluding hydrogens is 326 g/mol. The Morgan fingerprint density at radius 1 is 1.08 bits per heavy atom. The molecule has 1 aromatic carbocycles. The predicted octanol–water partition coefficient (Wildman–Crippen LogP) is 3.57. The Kier molecular flexibility index (Phi) is 6.09.